The fourth-order valence-electron chi connectivity index (χ4n) is 3.21. The van der Waals surface area contributed by atoms with Crippen LogP contribution in [0.3, 0.4) is 0 Å². The number of anilines is 1. The van der Waals surface area contributed by atoms with Crippen molar-refractivity contribution in [2.45, 2.75) is 51.4 Å². The molecule has 112 valence electrons. The lowest BCUT2D eigenvalue weighted by molar-refractivity contribution is 0.319. The van der Waals surface area contributed by atoms with E-state index >= 15 is 0 Å². The standard InChI is InChI=1S/C17H23N3O/c1-12-5-4-7-14(11-12)17-19-16(21-20-17)10-9-13-6-2-3-8-15(13)18/h2-3,6,8,12,14H,4-5,7,9-11,18H2,1H3. The monoisotopic (exact) mass is 285 g/mol. The molecular formula is C17H23N3O. The third-order valence-electron chi connectivity index (χ3n) is 4.45. The molecule has 21 heavy (non-hydrogen) atoms. The maximum absolute atomic E-state index is 5.96. The molecule has 3 rings (SSSR count). The summed E-state index contributed by atoms with van der Waals surface area (Å²) in [6, 6.07) is 7.94. The summed E-state index contributed by atoms with van der Waals surface area (Å²) in [5, 5.41) is 4.19. The Hall–Kier alpha value is -1.84. The lowest BCUT2D eigenvalue weighted by atomic mass is 9.82. The zero-order valence-electron chi connectivity index (χ0n) is 12.6. The van der Waals surface area contributed by atoms with Crippen LogP contribution in [0.4, 0.5) is 5.69 Å². The Morgan fingerprint density at radius 3 is 2.90 bits per heavy atom. The van der Waals surface area contributed by atoms with Crippen molar-refractivity contribution in [3.8, 4) is 0 Å². The lowest BCUT2D eigenvalue weighted by Crippen LogP contribution is -2.12. The summed E-state index contributed by atoms with van der Waals surface area (Å²) in [5.41, 5.74) is 7.93. The van der Waals surface area contributed by atoms with Crippen LogP contribution in [0.5, 0.6) is 0 Å². The third kappa shape index (κ3) is 3.43. The maximum atomic E-state index is 5.96. The van der Waals surface area contributed by atoms with Gasteiger partial charge >= 0.3 is 0 Å². The summed E-state index contributed by atoms with van der Waals surface area (Å²) in [6.07, 6.45) is 6.57. The highest BCUT2D eigenvalue weighted by atomic mass is 16.5. The van der Waals surface area contributed by atoms with Crippen molar-refractivity contribution in [2.24, 2.45) is 5.92 Å². The van der Waals surface area contributed by atoms with Crippen LogP contribution in [0.25, 0.3) is 0 Å². The van der Waals surface area contributed by atoms with Crippen molar-refractivity contribution in [3.05, 3.63) is 41.5 Å². The molecule has 4 nitrogen and oxygen atoms in total. The fraction of sp³-hybridized carbons (Fsp3) is 0.529. The highest BCUT2D eigenvalue weighted by Gasteiger charge is 2.24. The average molecular weight is 285 g/mol. The van der Waals surface area contributed by atoms with Crippen molar-refractivity contribution in [3.63, 3.8) is 0 Å². The van der Waals surface area contributed by atoms with Gasteiger partial charge in [-0.15, -0.1) is 0 Å². The Kier molecular flexibility index (Phi) is 4.23. The summed E-state index contributed by atoms with van der Waals surface area (Å²) in [7, 11) is 0. The van der Waals surface area contributed by atoms with E-state index in [1.54, 1.807) is 0 Å². The summed E-state index contributed by atoms with van der Waals surface area (Å²) in [5.74, 6) is 2.88. The van der Waals surface area contributed by atoms with Crippen molar-refractivity contribution < 1.29 is 4.52 Å². The molecule has 1 heterocycles. The van der Waals surface area contributed by atoms with Gasteiger partial charge in [-0.1, -0.05) is 43.1 Å². The number of benzene rings is 1. The Balaban J connectivity index is 1.61. The van der Waals surface area contributed by atoms with Crippen LogP contribution >= 0.6 is 0 Å². The van der Waals surface area contributed by atoms with E-state index in [-0.39, 0.29) is 0 Å². The molecule has 0 amide bonds. The molecule has 0 radical (unpaired) electrons. The van der Waals surface area contributed by atoms with E-state index in [9.17, 15) is 0 Å². The van der Waals surface area contributed by atoms with Gasteiger partial charge in [0.25, 0.3) is 0 Å². The molecule has 1 aliphatic rings. The van der Waals surface area contributed by atoms with Gasteiger partial charge in [0.2, 0.25) is 5.89 Å². The van der Waals surface area contributed by atoms with Crippen molar-refractivity contribution in [2.75, 3.05) is 5.73 Å². The maximum Gasteiger partial charge on any atom is 0.226 e. The molecular weight excluding hydrogens is 262 g/mol. The van der Waals surface area contributed by atoms with E-state index in [4.69, 9.17) is 10.3 Å². The van der Waals surface area contributed by atoms with Crippen LogP contribution < -0.4 is 5.73 Å². The van der Waals surface area contributed by atoms with E-state index in [1.165, 1.54) is 25.7 Å². The van der Waals surface area contributed by atoms with E-state index in [0.29, 0.717) is 5.92 Å². The molecule has 1 aromatic heterocycles. The van der Waals surface area contributed by atoms with Gasteiger partial charge in [0.05, 0.1) is 0 Å². The Bertz CT molecular complexity index is 593. The molecule has 2 atom stereocenters. The Morgan fingerprint density at radius 1 is 1.24 bits per heavy atom. The fourth-order valence-corrected chi connectivity index (χ4v) is 3.21. The van der Waals surface area contributed by atoms with E-state index in [1.807, 2.05) is 18.2 Å². The summed E-state index contributed by atoms with van der Waals surface area (Å²) in [4.78, 5) is 4.59. The second kappa shape index (κ2) is 6.29. The predicted octanol–water partition coefficient (Wildman–Crippen LogP) is 3.73. The number of nitrogen functional groups attached to an aromatic ring is 1. The number of rotatable bonds is 4. The highest BCUT2D eigenvalue weighted by Crippen LogP contribution is 2.34. The molecule has 0 bridgehead atoms. The zero-order valence-corrected chi connectivity index (χ0v) is 12.6. The molecule has 0 saturated heterocycles. The molecule has 0 aliphatic heterocycles. The first-order valence-corrected chi connectivity index (χ1v) is 7.88. The van der Waals surface area contributed by atoms with Crippen LogP contribution in [-0.4, -0.2) is 10.1 Å². The highest BCUT2D eigenvalue weighted by molar-refractivity contribution is 5.46. The van der Waals surface area contributed by atoms with E-state index in [2.05, 4.69) is 23.1 Å². The lowest BCUT2D eigenvalue weighted by Gasteiger charge is -2.23. The third-order valence-corrected chi connectivity index (χ3v) is 4.45. The number of nitrogens with zero attached hydrogens (tertiary/aromatic N) is 2. The van der Waals surface area contributed by atoms with Crippen LogP contribution in [0.2, 0.25) is 0 Å². The van der Waals surface area contributed by atoms with Gasteiger partial charge in [0, 0.05) is 18.0 Å². The number of hydrogen-bond donors (Lipinski definition) is 1. The number of aryl methyl sites for hydroxylation is 2. The quantitative estimate of drug-likeness (QED) is 0.869. The molecule has 0 spiro atoms. The molecule has 1 aliphatic carbocycles. The average Bonchev–Trinajstić information content (AvgIpc) is 2.95. The van der Waals surface area contributed by atoms with Gasteiger partial charge in [0.15, 0.2) is 5.82 Å². The zero-order chi connectivity index (χ0) is 14.7. The second-order valence-corrected chi connectivity index (χ2v) is 6.21. The van der Waals surface area contributed by atoms with Gasteiger partial charge in [-0.05, 0) is 36.8 Å². The molecule has 1 saturated carbocycles. The van der Waals surface area contributed by atoms with Crippen LogP contribution in [0.1, 0.15) is 55.8 Å². The van der Waals surface area contributed by atoms with Crippen molar-refractivity contribution in [1.29, 1.82) is 0 Å². The normalized spacial score (nSPS) is 22.3. The predicted molar refractivity (Wildman–Crippen MR) is 82.9 cm³/mol. The van der Waals surface area contributed by atoms with Gasteiger partial charge in [-0.25, -0.2) is 0 Å². The SMILES string of the molecule is CC1CCCC(c2noc(CCc3ccccc3N)n2)C1. The van der Waals surface area contributed by atoms with Gasteiger partial charge < -0.3 is 10.3 Å². The Morgan fingerprint density at radius 2 is 2.10 bits per heavy atom. The van der Waals surface area contributed by atoms with Crippen LogP contribution in [0.15, 0.2) is 28.8 Å². The first-order chi connectivity index (χ1) is 10.2. The minimum atomic E-state index is 0.480. The Labute approximate surface area is 125 Å². The van der Waals surface area contributed by atoms with Gasteiger partial charge in [-0.3, -0.25) is 0 Å². The first kappa shape index (κ1) is 14.1. The van der Waals surface area contributed by atoms with Crippen LogP contribution in [0, 0.1) is 5.92 Å². The number of hydrogen-bond acceptors (Lipinski definition) is 4. The minimum Gasteiger partial charge on any atom is -0.399 e. The van der Waals surface area contributed by atoms with Crippen molar-refractivity contribution in [1.82, 2.24) is 10.1 Å². The smallest absolute Gasteiger partial charge is 0.226 e. The molecule has 4 heteroatoms. The summed E-state index contributed by atoms with van der Waals surface area (Å²) >= 11 is 0. The largest absolute Gasteiger partial charge is 0.399 e. The van der Waals surface area contributed by atoms with Gasteiger partial charge in [0.1, 0.15) is 0 Å². The number of para-hydroxylation sites is 1. The molecule has 2 unspecified atom stereocenters. The van der Waals surface area contributed by atoms with E-state index < -0.39 is 0 Å². The molecule has 2 N–H and O–H groups in total. The van der Waals surface area contributed by atoms with Gasteiger partial charge in [-0.2, -0.15) is 4.98 Å². The topological polar surface area (TPSA) is 64.9 Å². The summed E-state index contributed by atoms with van der Waals surface area (Å²) in [6.45, 7) is 2.31. The number of aromatic nitrogens is 2. The molecule has 1 fully saturated rings. The summed E-state index contributed by atoms with van der Waals surface area (Å²) < 4.78 is 5.41. The van der Waals surface area contributed by atoms with Crippen molar-refractivity contribution >= 4 is 5.69 Å². The van der Waals surface area contributed by atoms with Crippen LogP contribution in [-0.2, 0) is 12.8 Å². The molecule has 1 aromatic carbocycles. The first-order valence-electron chi connectivity index (χ1n) is 7.88. The number of nitrogens with two attached hydrogens (primary N) is 1. The molecule has 2 aromatic rings. The van der Waals surface area contributed by atoms with E-state index in [0.717, 1.165) is 41.7 Å². The minimum absolute atomic E-state index is 0.480. The second-order valence-electron chi connectivity index (χ2n) is 6.21.